The minimum absolute atomic E-state index is 0.243. The first kappa shape index (κ1) is 14.4. The highest BCUT2D eigenvalue weighted by Crippen LogP contribution is 2.22. The predicted octanol–water partition coefficient (Wildman–Crippen LogP) is 3.05. The minimum atomic E-state index is -0.243. The third-order valence-corrected chi connectivity index (χ3v) is 2.83. The number of benzene rings is 1. The maximum Gasteiger partial charge on any atom is 0.125 e. The van der Waals surface area contributed by atoms with Crippen molar-refractivity contribution in [2.45, 2.75) is 6.42 Å². The molecule has 1 rings (SSSR count). The fraction of sp³-hybridized carbons (Fsp3) is 0.500. The lowest BCUT2D eigenvalue weighted by atomic mass is 10.3. The number of rotatable bonds is 8. The first-order valence-corrected chi connectivity index (χ1v) is 6.29. The zero-order valence-electron chi connectivity index (χ0n) is 9.84. The van der Waals surface area contributed by atoms with Crippen LogP contribution >= 0.6 is 15.9 Å². The number of nitrogens with one attached hydrogen (secondary N) is 1. The maximum atomic E-state index is 13.0. The smallest absolute Gasteiger partial charge is 0.125 e. The topological polar surface area (TPSA) is 30.5 Å². The second-order valence-electron chi connectivity index (χ2n) is 3.51. The molecule has 96 valence electrons. The Labute approximate surface area is 109 Å². The highest BCUT2D eigenvalue weighted by molar-refractivity contribution is 9.10. The summed E-state index contributed by atoms with van der Waals surface area (Å²) >= 11 is 3.36. The van der Waals surface area contributed by atoms with Crippen molar-refractivity contribution in [3.05, 3.63) is 28.5 Å². The van der Waals surface area contributed by atoms with Crippen molar-refractivity contribution in [2.75, 3.05) is 38.8 Å². The molecule has 0 spiro atoms. The number of hydrogen-bond donors (Lipinski definition) is 1. The van der Waals surface area contributed by atoms with Crippen LogP contribution in [0.4, 0.5) is 10.1 Å². The van der Waals surface area contributed by atoms with Crippen molar-refractivity contribution in [1.82, 2.24) is 0 Å². The van der Waals surface area contributed by atoms with E-state index in [1.165, 1.54) is 12.1 Å². The summed E-state index contributed by atoms with van der Waals surface area (Å²) in [5, 5.41) is 3.15. The van der Waals surface area contributed by atoms with Gasteiger partial charge in [0.1, 0.15) is 5.82 Å². The number of hydrogen-bond acceptors (Lipinski definition) is 3. The van der Waals surface area contributed by atoms with Crippen molar-refractivity contribution in [2.24, 2.45) is 0 Å². The number of anilines is 1. The average molecular weight is 306 g/mol. The molecule has 0 bridgehead atoms. The fourth-order valence-electron chi connectivity index (χ4n) is 1.27. The normalized spacial score (nSPS) is 10.5. The minimum Gasteiger partial charge on any atom is -0.384 e. The van der Waals surface area contributed by atoms with E-state index in [-0.39, 0.29) is 5.82 Å². The molecule has 0 aromatic heterocycles. The van der Waals surface area contributed by atoms with Crippen LogP contribution in [0.5, 0.6) is 0 Å². The molecule has 0 radical (unpaired) electrons. The zero-order valence-corrected chi connectivity index (χ0v) is 11.4. The predicted molar refractivity (Wildman–Crippen MR) is 69.9 cm³/mol. The number of halogens is 2. The Bertz CT molecular complexity index is 336. The lowest BCUT2D eigenvalue weighted by Gasteiger charge is -2.08. The van der Waals surface area contributed by atoms with Crippen LogP contribution < -0.4 is 5.32 Å². The van der Waals surface area contributed by atoms with Crippen LogP contribution in [0.25, 0.3) is 0 Å². The van der Waals surface area contributed by atoms with Gasteiger partial charge in [0.25, 0.3) is 0 Å². The van der Waals surface area contributed by atoms with Crippen LogP contribution in [0.1, 0.15) is 6.42 Å². The Morgan fingerprint density at radius 3 is 2.88 bits per heavy atom. The molecule has 1 aromatic carbocycles. The van der Waals surface area contributed by atoms with Gasteiger partial charge in [-0.15, -0.1) is 0 Å². The van der Waals surface area contributed by atoms with Crippen molar-refractivity contribution in [3.63, 3.8) is 0 Å². The van der Waals surface area contributed by atoms with E-state index < -0.39 is 0 Å². The van der Waals surface area contributed by atoms with Crippen molar-refractivity contribution in [3.8, 4) is 0 Å². The van der Waals surface area contributed by atoms with E-state index in [9.17, 15) is 4.39 Å². The number of ether oxygens (including phenoxy) is 2. The molecule has 0 heterocycles. The van der Waals surface area contributed by atoms with Gasteiger partial charge >= 0.3 is 0 Å². The molecule has 0 saturated carbocycles. The van der Waals surface area contributed by atoms with Gasteiger partial charge in [-0.05, 0) is 40.5 Å². The molecule has 0 aliphatic rings. The van der Waals surface area contributed by atoms with Crippen LogP contribution in [0, 0.1) is 5.82 Å². The Morgan fingerprint density at radius 2 is 2.12 bits per heavy atom. The molecule has 1 N–H and O–H groups in total. The van der Waals surface area contributed by atoms with E-state index in [0.717, 1.165) is 23.1 Å². The molecule has 0 amide bonds. The highest BCUT2D eigenvalue weighted by atomic mass is 79.9. The molecule has 0 aliphatic heterocycles. The summed E-state index contributed by atoms with van der Waals surface area (Å²) in [5.41, 5.74) is 0.766. The van der Waals surface area contributed by atoms with Gasteiger partial charge in [0.05, 0.1) is 18.9 Å². The molecule has 0 unspecified atom stereocenters. The van der Waals surface area contributed by atoms with Crippen molar-refractivity contribution < 1.29 is 13.9 Å². The molecule has 3 nitrogen and oxygen atoms in total. The summed E-state index contributed by atoms with van der Waals surface area (Å²) in [5.74, 6) is -0.243. The van der Waals surface area contributed by atoms with E-state index in [0.29, 0.717) is 19.8 Å². The average Bonchev–Trinajstić information content (AvgIpc) is 2.32. The third kappa shape index (κ3) is 6.00. The Morgan fingerprint density at radius 1 is 1.29 bits per heavy atom. The first-order chi connectivity index (χ1) is 8.24. The molecule has 0 aliphatic carbocycles. The van der Waals surface area contributed by atoms with Gasteiger partial charge in [0.15, 0.2) is 0 Å². The van der Waals surface area contributed by atoms with E-state index in [2.05, 4.69) is 21.2 Å². The van der Waals surface area contributed by atoms with E-state index >= 15 is 0 Å². The molecular formula is C12H17BrFNO2. The molecule has 0 saturated heterocycles. The Hall–Kier alpha value is -0.650. The summed E-state index contributed by atoms with van der Waals surface area (Å²) in [7, 11) is 1.65. The molecule has 0 atom stereocenters. The van der Waals surface area contributed by atoms with Crippen LogP contribution in [-0.4, -0.2) is 33.5 Å². The second kappa shape index (κ2) is 8.44. The Balaban J connectivity index is 2.15. The van der Waals surface area contributed by atoms with Crippen LogP contribution in [0.15, 0.2) is 22.7 Å². The molecule has 5 heteroatoms. The quantitative estimate of drug-likeness (QED) is 0.749. The molecule has 0 fully saturated rings. The number of methoxy groups -OCH3 is 1. The SMILES string of the molecule is COCCOCCCNc1cc(F)ccc1Br. The third-order valence-electron chi connectivity index (χ3n) is 2.14. The van der Waals surface area contributed by atoms with E-state index in [4.69, 9.17) is 9.47 Å². The molecule has 17 heavy (non-hydrogen) atoms. The van der Waals surface area contributed by atoms with Crippen LogP contribution in [-0.2, 0) is 9.47 Å². The Kier molecular flexibility index (Phi) is 7.16. The summed E-state index contributed by atoms with van der Waals surface area (Å²) in [4.78, 5) is 0. The summed E-state index contributed by atoms with van der Waals surface area (Å²) in [6.07, 6.45) is 0.868. The van der Waals surface area contributed by atoms with Crippen molar-refractivity contribution >= 4 is 21.6 Å². The van der Waals surface area contributed by atoms with Gasteiger partial charge in [0.2, 0.25) is 0 Å². The summed E-state index contributed by atoms with van der Waals surface area (Å²) in [6.45, 7) is 2.64. The second-order valence-corrected chi connectivity index (χ2v) is 4.36. The van der Waals surface area contributed by atoms with Gasteiger partial charge in [-0.1, -0.05) is 0 Å². The fourth-order valence-corrected chi connectivity index (χ4v) is 1.66. The highest BCUT2D eigenvalue weighted by Gasteiger charge is 2.00. The lowest BCUT2D eigenvalue weighted by Crippen LogP contribution is -2.08. The lowest BCUT2D eigenvalue weighted by molar-refractivity contribution is 0.0705. The van der Waals surface area contributed by atoms with Crippen LogP contribution in [0.3, 0.4) is 0 Å². The van der Waals surface area contributed by atoms with Gasteiger partial charge < -0.3 is 14.8 Å². The van der Waals surface area contributed by atoms with E-state index in [1.54, 1.807) is 13.2 Å². The molecule has 1 aromatic rings. The van der Waals surface area contributed by atoms with Crippen molar-refractivity contribution in [1.29, 1.82) is 0 Å². The van der Waals surface area contributed by atoms with Crippen LogP contribution in [0.2, 0.25) is 0 Å². The maximum absolute atomic E-state index is 13.0. The molecular weight excluding hydrogens is 289 g/mol. The summed E-state index contributed by atoms with van der Waals surface area (Å²) in [6, 6.07) is 4.58. The van der Waals surface area contributed by atoms with Gasteiger partial charge in [-0.2, -0.15) is 0 Å². The van der Waals surface area contributed by atoms with Gasteiger partial charge in [-0.3, -0.25) is 0 Å². The largest absolute Gasteiger partial charge is 0.384 e. The standard InChI is InChI=1S/C12H17BrFNO2/c1-16-7-8-17-6-2-5-15-12-9-10(14)3-4-11(12)13/h3-4,9,15H,2,5-8H2,1H3. The van der Waals surface area contributed by atoms with Gasteiger partial charge in [-0.25, -0.2) is 4.39 Å². The van der Waals surface area contributed by atoms with E-state index in [1.807, 2.05) is 0 Å². The zero-order chi connectivity index (χ0) is 12.5. The first-order valence-electron chi connectivity index (χ1n) is 5.49. The monoisotopic (exact) mass is 305 g/mol. The van der Waals surface area contributed by atoms with Gasteiger partial charge in [0, 0.05) is 24.7 Å². The summed E-state index contributed by atoms with van der Waals surface area (Å²) < 4.78 is 24.0.